The number of thiazole rings is 1. The van der Waals surface area contributed by atoms with Gasteiger partial charge in [-0.1, -0.05) is 5.92 Å². The first-order chi connectivity index (χ1) is 7.70. The zero-order valence-corrected chi connectivity index (χ0v) is 10.1. The summed E-state index contributed by atoms with van der Waals surface area (Å²) >= 11 is 1.43. The van der Waals surface area contributed by atoms with E-state index in [0.29, 0.717) is 17.3 Å². The summed E-state index contributed by atoms with van der Waals surface area (Å²) in [6, 6.07) is 0. The van der Waals surface area contributed by atoms with Gasteiger partial charge in [0.25, 0.3) is 5.91 Å². The molecule has 2 rings (SSSR count). The van der Waals surface area contributed by atoms with Crippen molar-refractivity contribution in [3.63, 3.8) is 0 Å². The lowest BCUT2D eigenvalue weighted by molar-refractivity contribution is 0.0774. The van der Waals surface area contributed by atoms with Crippen molar-refractivity contribution in [1.82, 2.24) is 9.88 Å². The van der Waals surface area contributed by atoms with Crippen LogP contribution in [0.25, 0.3) is 0 Å². The summed E-state index contributed by atoms with van der Waals surface area (Å²) in [5, 5.41) is 0.912. The standard InChI is InChI=1S/C12H14N2OS/c1-3-6-14(8-10-4-5-10)12(15)11-7-13-9(2)16-11/h1,7,10H,4-6,8H2,2H3. The maximum absolute atomic E-state index is 12.1. The number of aryl methyl sites for hydroxylation is 1. The Hall–Kier alpha value is -1.34. The van der Waals surface area contributed by atoms with Crippen molar-refractivity contribution in [2.45, 2.75) is 19.8 Å². The lowest BCUT2D eigenvalue weighted by Gasteiger charge is -2.18. The van der Waals surface area contributed by atoms with Gasteiger partial charge in [-0.05, 0) is 25.7 Å². The Labute approximate surface area is 99.5 Å². The third-order valence-electron chi connectivity index (χ3n) is 2.58. The van der Waals surface area contributed by atoms with E-state index in [4.69, 9.17) is 6.42 Å². The first-order valence-electron chi connectivity index (χ1n) is 5.36. The second-order valence-corrected chi connectivity index (χ2v) is 5.31. The van der Waals surface area contributed by atoms with Gasteiger partial charge in [0, 0.05) is 6.54 Å². The molecule has 1 aliphatic carbocycles. The predicted molar refractivity (Wildman–Crippen MR) is 64.3 cm³/mol. The molecule has 0 aromatic carbocycles. The molecule has 1 aliphatic rings. The largest absolute Gasteiger partial charge is 0.326 e. The average molecular weight is 234 g/mol. The monoisotopic (exact) mass is 234 g/mol. The highest BCUT2D eigenvalue weighted by molar-refractivity contribution is 7.13. The molecule has 0 N–H and O–H groups in total. The van der Waals surface area contributed by atoms with Gasteiger partial charge in [0.05, 0.1) is 17.7 Å². The molecule has 1 aromatic rings. The van der Waals surface area contributed by atoms with E-state index in [0.717, 1.165) is 11.6 Å². The maximum Gasteiger partial charge on any atom is 0.266 e. The molecule has 0 atom stereocenters. The Balaban J connectivity index is 2.06. The second-order valence-electron chi connectivity index (χ2n) is 4.08. The third-order valence-corrected chi connectivity index (χ3v) is 3.48. The van der Waals surface area contributed by atoms with Crippen LogP contribution in [0, 0.1) is 25.2 Å². The SMILES string of the molecule is C#CCN(CC1CC1)C(=O)c1cnc(C)s1. The Morgan fingerprint density at radius 1 is 1.75 bits per heavy atom. The minimum atomic E-state index is 0.0236. The van der Waals surface area contributed by atoms with Crippen LogP contribution in [-0.2, 0) is 0 Å². The molecule has 0 unspecified atom stereocenters. The van der Waals surface area contributed by atoms with Crippen molar-refractivity contribution in [1.29, 1.82) is 0 Å². The van der Waals surface area contributed by atoms with Gasteiger partial charge in [-0.25, -0.2) is 4.98 Å². The minimum Gasteiger partial charge on any atom is -0.326 e. The highest BCUT2D eigenvalue weighted by Gasteiger charge is 2.27. The number of hydrogen-bond acceptors (Lipinski definition) is 3. The number of rotatable bonds is 4. The zero-order chi connectivity index (χ0) is 11.5. The molecule has 0 aliphatic heterocycles. The molecular weight excluding hydrogens is 220 g/mol. The highest BCUT2D eigenvalue weighted by atomic mass is 32.1. The lowest BCUT2D eigenvalue weighted by atomic mass is 10.3. The quantitative estimate of drug-likeness (QED) is 0.746. The molecule has 1 saturated carbocycles. The van der Waals surface area contributed by atoms with Crippen LogP contribution in [0.2, 0.25) is 0 Å². The predicted octanol–water partition coefficient (Wildman–Crippen LogP) is 1.94. The van der Waals surface area contributed by atoms with Crippen molar-refractivity contribution in [3.05, 3.63) is 16.1 Å². The van der Waals surface area contributed by atoms with Crippen LogP contribution in [0.5, 0.6) is 0 Å². The van der Waals surface area contributed by atoms with E-state index in [-0.39, 0.29) is 5.91 Å². The molecule has 1 aromatic heterocycles. The first-order valence-corrected chi connectivity index (χ1v) is 6.17. The smallest absolute Gasteiger partial charge is 0.266 e. The third kappa shape index (κ3) is 2.61. The second kappa shape index (κ2) is 4.67. The van der Waals surface area contributed by atoms with E-state index in [2.05, 4.69) is 10.9 Å². The minimum absolute atomic E-state index is 0.0236. The first kappa shape index (κ1) is 11.2. The number of terminal acetylenes is 1. The van der Waals surface area contributed by atoms with E-state index < -0.39 is 0 Å². The van der Waals surface area contributed by atoms with Crippen LogP contribution in [0.4, 0.5) is 0 Å². The van der Waals surface area contributed by atoms with Crippen LogP contribution >= 0.6 is 11.3 Å². The van der Waals surface area contributed by atoms with Crippen LogP contribution in [0.3, 0.4) is 0 Å². The summed E-state index contributed by atoms with van der Waals surface area (Å²) in [5.74, 6) is 3.23. The normalized spacial score (nSPS) is 14.5. The number of hydrogen-bond donors (Lipinski definition) is 0. The number of carbonyl (C=O) groups excluding carboxylic acids is 1. The van der Waals surface area contributed by atoms with Crippen LogP contribution in [-0.4, -0.2) is 28.9 Å². The van der Waals surface area contributed by atoms with Crippen molar-refractivity contribution in [3.8, 4) is 12.3 Å². The summed E-state index contributed by atoms with van der Waals surface area (Å²) in [6.07, 6.45) is 9.36. The Morgan fingerprint density at radius 3 is 3.00 bits per heavy atom. The van der Waals surface area contributed by atoms with Gasteiger partial charge in [0.15, 0.2) is 0 Å². The highest BCUT2D eigenvalue weighted by Crippen LogP contribution is 2.30. The van der Waals surface area contributed by atoms with E-state index in [1.807, 2.05) is 6.92 Å². The molecule has 0 bridgehead atoms. The van der Waals surface area contributed by atoms with Crippen LogP contribution in [0.1, 0.15) is 27.5 Å². The summed E-state index contributed by atoms with van der Waals surface area (Å²) in [6.45, 7) is 3.08. The molecule has 1 heterocycles. The number of carbonyl (C=O) groups is 1. The molecule has 1 amide bonds. The molecular formula is C12H14N2OS. The van der Waals surface area contributed by atoms with Gasteiger partial charge in [0.2, 0.25) is 0 Å². The van der Waals surface area contributed by atoms with E-state index in [1.54, 1.807) is 11.1 Å². The number of amides is 1. The maximum atomic E-state index is 12.1. The van der Waals surface area contributed by atoms with Crippen molar-refractivity contribution < 1.29 is 4.79 Å². The van der Waals surface area contributed by atoms with Gasteiger partial charge >= 0.3 is 0 Å². The van der Waals surface area contributed by atoms with Crippen LogP contribution < -0.4 is 0 Å². The Bertz CT molecular complexity index is 428. The van der Waals surface area contributed by atoms with Crippen LogP contribution in [0.15, 0.2) is 6.20 Å². The summed E-state index contributed by atoms with van der Waals surface area (Å²) in [7, 11) is 0. The summed E-state index contributed by atoms with van der Waals surface area (Å²) in [4.78, 5) is 18.6. The fourth-order valence-corrected chi connectivity index (χ4v) is 2.30. The molecule has 1 fully saturated rings. The van der Waals surface area contributed by atoms with Crippen molar-refractivity contribution >= 4 is 17.2 Å². The molecule has 16 heavy (non-hydrogen) atoms. The van der Waals surface area contributed by atoms with Gasteiger partial charge in [-0.2, -0.15) is 0 Å². The molecule has 3 nitrogen and oxygen atoms in total. The number of nitrogens with zero attached hydrogens (tertiary/aromatic N) is 2. The van der Waals surface area contributed by atoms with E-state index in [1.165, 1.54) is 24.2 Å². The van der Waals surface area contributed by atoms with Gasteiger partial charge in [-0.3, -0.25) is 4.79 Å². The molecule has 0 radical (unpaired) electrons. The fourth-order valence-electron chi connectivity index (χ4n) is 1.56. The lowest BCUT2D eigenvalue weighted by Crippen LogP contribution is -2.32. The summed E-state index contributed by atoms with van der Waals surface area (Å²) in [5.41, 5.74) is 0. The van der Waals surface area contributed by atoms with Gasteiger partial charge in [0.1, 0.15) is 4.88 Å². The van der Waals surface area contributed by atoms with Gasteiger partial charge < -0.3 is 4.90 Å². The molecule has 4 heteroatoms. The van der Waals surface area contributed by atoms with E-state index >= 15 is 0 Å². The van der Waals surface area contributed by atoms with Gasteiger partial charge in [-0.15, -0.1) is 17.8 Å². The average Bonchev–Trinajstić information content (AvgIpc) is 2.97. The zero-order valence-electron chi connectivity index (χ0n) is 9.27. The topological polar surface area (TPSA) is 33.2 Å². The summed E-state index contributed by atoms with van der Waals surface area (Å²) < 4.78 is 0. The Morgan fingerprint density at radius 2 is 2.50 bits per heavy atom. The van der Waals surface area contributed by atoms with Crippen molar-refractivity contribution in [2.24, 2.45) is 5.92 Å². The fraction of sp³-hybridized carbons (Fsp3) is 0.500. The Kier molecular flexibility index (Phi) is 3.25. The molecule has 0 spiro atoms. The number of aromatic nitrogens is 1. The van der Waals surface area contributed by atoms with E-state index in [9.17, 15) is 4.79 Å². The van der Waals surface area contributed by atoms with Crippen molar-refractivity contribution in [2.75, 3.05) is 13.1 Å². The molecule has 84 valence electrons. The molecule has 0 saturated heterocycles.